The summed E-state index contributed by atoms with van der Waals surface area (Å²) in [5.41, 5.74) is 3.04. The molecule has 0 bridgehead atoms. The molecule has 1 aliphatic rings. The van der Waals surface area contributed by atoms with Crippen molar-refractivity contribution in [1.29, 1.82) is 0 Å². The molecule has 8 heteroatoms. The van der Waals surface area contributed by atoms with Crippen LogP contribution >= 0.6 is 0 Å². The van der Waals surface area contributed by atoms with Gasteiger partial charge in [-0.15, -0.1) is 0 Å². The van der Waals surface area contributed by atoms with E-state index < -0.39 is 11.7 Å². The minimum absolute atomic E-state index is 0.0357. The summed E-state index contributed by atoms with van der Waals surface area (Å²) in [7, 11) is 0. The van der Waals surface area contributed by atoms with Gasteiger partial charge < -0.3 is 14.8 Å². The number of hydrogen-bond donors (Lipinski definition) is 2. The van der Waals surface area contributed by atoms with Crippen molar-refractivity contribution < 1.29 is 23.5 Å². The molecular formula is C18H16FN3O4. The molecule has 134 valence electrons. The second-order valence-electron chi connectivity index (χ2n) is 5.56. The van der Waals surface area contributed by atoms with Crippen LogP contribution in [0.4, 0.5) is 10.1 Å². The highest BCUT2D eigenvalue weighted by Crippen LogP contribution is 2.34. The number of nitrogens with zero attached hydrogens (tertiary/aromatic N) is 1. The smallest absolute Gasteiger partial charge is 0.274 e. The molecule has 0 unspecified atom stereocenters. The Balaban J connectivity index is 1.54. The number of rotatable bonds is 5. The Morgan fingerprint density at radius 2 is 1.92 bits per heavy atom. The number of benzene rings is 2. The van der Waals surface area contributed by atoms with E-state index in [4.69, 9.17) is 9.47 Å². The Hall–Kier alpha value is -3.42. The molecule has 2 aromatic carbocycles. The third-order valence-corrected chi connectivity index (χ3v) is 3.54. The molecule has 7 nitrogen and oxygen atoms in total. The predicted octanol–water partition coefficient (Wildman–Crippen LogP) is 2.69. The molecule has 2 N–H and O–H groups in total. The minimum atomic E-state index is -0.682. The number of fused-ring (bicyclic) bond motifs is 1. The van der Waals surface area contributed by atoms with Crippen LogP contribution in [0.15, 0.2) is 47.6 Å². The Bertz CT molecular complexity index is 882. The van der Waals surface area contributed by atoms with Gasteiger partial charge in [-0.05, 0) is 31.2 Å². The molecule has 0 radical (unpaired) electrons. The monoisotopic (exact) mass is 357 g/mol. The fraction of sp³-hybridized carbons (Fsp3) is 0.167. The third kappa shape index (κ3) is 4.15. The third-order valence-electron chi connectivity index (χ3n) is 3.54. The van der Waals surface area contributed by atoms with Gasteiger partial charge in [0.2, 0.25) is 12.7 Å². The van der Waals surface area contributed by atoms with Crippen LogP contribution in [0.25, 0.3) is 0 Å². The average Bonchev–Trinajstić information content (AvgIpc) is 3.07. The lowest BCUT2D eigenvalue weighted by Gasteiger charge is -2.06. The quantitative estimate of drug-likeness (QED) is 0.636. The zero-order valence-corrected chi connectivity index (χ0v) is 13.9. The second-order valence-corrected chi connectivity index (χ2v) is 5.56. The van der Waals surface area contributed by atoms with E-state index in [1.165, 1.54) is 18.2 Å². The first-order valence-corrected chi connectivity index (χ1v) is 7.80. The molecule has 1 heterocycles. The van der Waals surface area contributed by atoms with Crippen molar-refractivity contribution in [1.82, 2.24) is 5.43 Å². The van der Waals surface area contributed by atoms with Gasteiger partial charge in [0.25, 0.3) is 5.91 Å². The van der Waals surface area contributed by atoms with Crippen molar-refractivity contribution in [2.24, 2.45) is 5.10 Å². The van der Waals surface area contributed by atoms with E-state index in [1.807, 2.05) is 0 Å². The number of hydrogen-bond acceptors (Lipinski definition) is 5. The first-order valence-electron chi connectivity index (χ1n) is 7.80. The largest absolute Gasteiger partial charge is 0.454 e. The molecule has 0 saturated carbocycles. The van der Waals surface area contributed by atoms with Crippen LogP contribution in [0.3, 0.4) is 0 Å². The number of halogens is 1. The van der Waals surface area contributed by atoms with Gasteiger partial charge in [-0.1, -0.05) is 12.1 Å². The van der Waals surface area contributed by atoms with E-state index >= 15 is 0 Å². The van der Waals surface area contributed by atoms with Gasteiger partial charge in [0, 0.05) is 17.5 Å². The van der Waals surface area contributed by atoms with Crippen molar-refractivity contribution >= 4 is 23.2 Å². The SMILES string of the molecule is C/C(CC(=O)Nc1ccc2c(c1)OCO2)=N/NC(=O)c1ccccc1F. The Morgan fingerprint density at radius 1 is 1.15 bits per heavy atom. The summed E-state index contributed by atoms with van der Waals surface area (Å²) in [6.45, 7) is 1.74. The van der Waals surface area contributed by atoms with Crippen LogP contribution in [0.5, 0.6) is 11.5 Å². The molecule has 0 saturated heterocycles. The molecule has 1 aliphatic heterocycles. The van der Waals surface area contributed by atoms with Crippen LogP contribution < -0.4 is 20.2 Å². The summed E-state index contributed by atoms with van der Waals surface area (Å²) in [6, 6.07) is 10.6. The maximum absolute atomic E-state index is 13.5. The van der Waals surface area contributed by atoms with E-state index in [-0.39, 0.29) is 24.7 Å². The van der Waals surface area contributed by atoms with E-state index in [0.29, 0.717) is 22.9 Å². The van der Waals surface area contributed by atoms with Gasteiger partial charge in [0.1, 0.15) is 5.82 Å². The number of carbonyl (C=O) groups is 2. The zero-order valence-electron chi connectivity index (χ0n) is 13.9. The maximum Gasteiger partial charge on any atom is 0.274 e. The number of anilines is 1. The fourth-order valence-electron chi connectivity index (χ4n) is 2.30. The second kappa shape index (κ2) is 7.64. The van der Waals surface area contributed by atoms with Gasteiger partial charge >= 0.3 is 0 Å². The van der Waals surface area contributed by atoms with E-state index in [1.54, 1.807) is 31.2 Å². The minimum Gasteiger partial charge on any atom is -0.454 e. The number of hydrazone groups is 1. The molecular weight excluding hydrogens is 341 g/mol. The Labute approximate surface area is 148 Å². The molecule has 0 aliphatic carbocycles. The van der Waals surface area contributed by atoms with Crippen molar-refractivity contribution in [2.45, 2.75) is 13.3 Å². The molecule has 3 rings (SSSR count). The highest BCUT2D eigenvalue weighted by Gasteiger charge is 2.14. The van der Waals surface area contributed by atoms with Crippen molar-refractivity contribution in [3.8, 4) is 11.5 Å². The van der Waals surface area contributed by atoms with E-state index in [0.717, 1.165) is 0 Å². The van der Waals surface area contributed by atoms with Gasteiger partial charge in [0.15, 0.2) is 11.5 Å². The lowest BCUT2D eigenvalue weighted by Crippen LogP contribution is -2.22. The number of carbonyl (C=O) groups excluding carboxylic acids is 2. The maximum atomic E-state index is 13.5. The molecule has 26 heavy (non-hydrogen) atoms. The number of amides is 2. The van der Waals surface area contributed by atoms with Crippen LogP contribution in [-0.2, 0) is 4.79 Å². The first-order chi connectivity index (χ1) is 12.5. The summed E-state index contributed by atoms with van der Waals surface area (Å²) in [6.07, 6.45) is -0.0357. The molecule has 0 atom stereocenters. The summed E-state index contributed by atoms with van der Waals surface area (Å²) >= 11 is 0. The Kier molecular flexibility index (Phi) is 5.12. The highest BCUT2D eigenvalue weighted by molar-refractivity contribution is 6.06. The summed E-state index contributed by atoms with van der Waals surface area (Å²) < 4.78 is 24.0. The van der Waals surface area contributed by atoms with Gasteiger partial charge in [-0.25, -0.2) is 9.82 Å². The predicted molar refractivity (Wildman–Crippen MR) is 92.8 cm³/mol. The first kappa shape index (κ1) is 17.4. The van der Waals surface area contributed by atoms with Crippen molar-refractivity contribution in [3.63, 3.8) is 0 Å². The zero-order chi connectivity index (χ0) is 18.5. The van der Waals surface area contributed by atoms with Crippen molar-refractivity contribution in [3.05, 3.63) is 53.8 Å². The van der Waals surface area contributed by atoms with Crippen LogP contribution in [0, 0.1) is 5.82 Å². The van der Waals surface area contributed by atoms with Crippen molar-refractivity contribution in [2.75, 3.05) is 12.1 Å². The number of nitrogens with one attached hydrogen (secondary N) is 2. The molecule has 0 fully saturated rings. The van der Waals surface area contributed by atoms with Crippen LogP contribution in [-0.4, -0.2) is 24.3 Å². The molecule has 0 spiro atoms. The standard InChI is InChI=1S/C18H16FN3O4/c1-11(21-22-18(24)13-4-2-3-5-14(13)19)8-17(23)20-12-6-7-15-16(9-12)26-10-25-15/h2-7,9H,8,10H2,1H3,(H,20,23)(H,22,24)/b21-11-. The lowest BCUT2D eigenvalue weighted by molar-refractivity contribution is -0.115. The molecule has 0 aromatic heterocycles. The Morgan fingerprint density at radius 3 is 2.73 bits per heavy atom. The lowest BCUT2D eigenvalue weighted by atomic mass is 10.2. The topological polar surface area (TPSA) is 89.0 Å². The fourth-order valence-corrected chi connectivity index (χ4v) is 2.30. The summed E-state index contributed by atoms with van der Waals surface area (Å²) in [5.74, 6) is -0.454. The highest BCUT2D eigenvalue weighted by atomic mass is 19.1. The average molecular weight is 357 g/mol. The van der Waals surface area contributed by atoms with Crippen LogP contribution in [0.1, 0.15) is 23.7 Å². The van der Waals surface area contributed by atoms with E-state index in [2.05, 4.69) is 15.8 Å². The molecule has 2 aromatic rings. The summed E-state index contributed by atoms with van der Waals surface area (Å²) in [5, 5.41) is 6.53. The van der Waals surface area contributed by atoms with E-state index in [9.17, 15) is 14.0 Å². The summed E-state index contributed by atoms with van der Waals surface area (Å²) in [4.78, 5) is 23.9. The van der Waals surface area contributed by atoms with Gasteiger partial charge in [-0.2, -0.15) is 5.10 Å². The number of ether oxygens (including phenoxy) is 2. The van der Waals surface area contributed by atoms with Gasteiger partial charge in [-0.3, -0.25) is 9.59 Å². The molecule has 2 amide bonds. The van der Waals surface area contributed by atoms with Gasteiger partial charge in [0.05, 0.1) is 12.0 Å². The van der Waals surface area contributed by atoms with Crippen LogP contribution in [0.2, 0.25) is 0 Å². The normalized spacial score (nSPS) is 12.6.